The van der Waals surface area contributed by atoms with Crippen LogP contribution in [0.15, 0.2) is 18.2 Å². The summed E-state index contributed by atoms with van der Waals surface area (Å²) in [6.07, 6.45) is 0.954. The third-order valence-corrected chi connectivity index (χ3v) is 5.56. The van der Waals surface area contributed by atoms with Gasteiger partial charge in [-0.2, -0.15) is 0 Å². The van der Waals surface area contributed by atoms with Crippen LogP contribution in [0.4, 0.5) is 8.78 Å². The van der Waals surface area contributed by atoms with Crippen molar-refractivity contribution in [1.82, 2.24) is 9.80 Å². The van der Waals surface area contributed by atoms with Crippen LogP contribution >= 0.6 is 12.4 Å². The van der Waals surface area contributed by atoms with Crippen molar-refractivity contribution in [2.75, 3.05) is 26.2 Å². The van der Waals surface area contributed by atoms with E-state index in [4.69, 9.17) is 5.73 Å². The number of hydrogen-bond donors (Lipinski definition) is 2. The predicted octanol–water partition coefficient (Wildman–Crippen LogP) is 1.44. The van der Waals surface area contributed by atoms with Crippen molar-refractivity contribution >= 4 is 24.2 Å². The van der Waals surface area contributed by atoms with Crippen LogP contribution < -0.4 is 5.73 Å². The highest BCUT2D eigenvalue weighted by Crippen LogP contribution is 2.41. The highest BCUT2D eigenvalue weighted by Gasteiger charge is 2.45. The molecule has 1 spiro atoms. The van der Waals surface area contributed by atoms with Gasteiger partial charge in [-0.25, -0.2) is 8.78 Å². The molecule has 2 fully saturated rings. The number of halogens is 3. The number of carbonyl (C=O) groups excluding carboxylic acids is 2. The van der Waals surface area contributed by atoms with Crippen LogP contribution in [0.5, 0.6) is 0 Å². The predicted molar refractivity (Wildman–Crippen MR) is 102 cm³/mol. The van der Waals surface area contributed by atoms with Crippen molar-refractivity contribution in [2.45, 2.75) is 38.3 Å². The van der Waals surface area contributed by atoms with Crippen LogP contribution in [0.1, 0.15) is 31.2 Å². The van der Waals surface area contributed by atoms with E-state index in [1.54, 1.807) is 9.80 Å². The number of benzene rings is 1. The molecule has 1 atom stereocenters. The topological polar surface area (TPSA) is 86.9 Å². The van der Waals surface area contributed by atoms with Crippen LogP contribution in [0.2, 0.25) is 0 Å². The van der Waals surface area contributed by atoms with Gasteiger partial charge in [-0.15, -0.1) is 12.4 Å². The molecule has 9 heteroatoms. The first-order valence-corrected chi connectivity index (χ1v) is 9.19. The van der Waals surface area contributed by atoms with E-state index < -0.39 is 17.7 Å². The van der Waals surface area contributed by atoms with Gasteiger partial charge in [0, 0.05) is 50.6 Å². The lowest BCUT2D eigenvalue weighted by atomic mass is 9.77. The molecule has 2 aliphatic rings. The van der Waals surface area contributed by atoms with Crippen LogP contribution in [-0.4, -0.2) is 59.0 Å². The molecule has 2 amide bonds. The second-order valence-electron chi connectivity index (χ2n) is 7.68. The Morgan fingerprint density at radius 3 is 2.39 bits per heavy atom. The van der Waals surface area contributed by atoms with Gasteiger partial charge in [-0.05, 0) is 30.5 Å². The van der Waals surface area contributed by atoms with Gasteiger partial charge in [0.1, 0.15) is 11.6 Å². The molecule has 1 unspecified atom stereocenters. The summed E-state index contributed by atoms with van der Waals surface area (Å²) in [5, 5.41) is 9.54. The molecule has 28 heavy (non-hydrogen) atoms. The molecule has 0 saturated carbocycles. The molecule has 1 aromatic carbocycles. The highest BCUT2D eigenvalue weighted by molar-refractivity contribution is 5.85. The maximum Gasteiger partial charge on any atom is 0.225 e. The Bertz CT molecular complexity index is 706. The largest absolute Gasteiger partial charge is 0.391 e. The number of nitrogens with zero attached hydrogens (tertiary/aromatic N) is 2. The van der Waals surface area contributed by atoms with E-state index in [1.807, 2.05) is 0 Å². The zero-order chi connectivity index (χ0) is 19.6. The van der Waals surface area contributed by atoms with Gasteiger partial charge in [0.25, 0.3) is 0 Å². The lowest BCUT2D eigenvalue weighted by molar-refractivity contribution is -0.135. The van der Waals surface area contributed by atoms with E-state index >= 15 is 0 Å². The van der Waals surface area contributed by atoms with Gasteiger partial charge >= 0.3 is 0 Å². The Kier molecular flexibility index (Phi) is 7.36. The molecule has 1 aromatic rings. The summed E-state index contributed by atoms with van der Waals surface area (Å²) in [6.45, 7) is 1.82. The molecule has 0 bridgehead atoms. The zero-order valence-corrected chi connectivity index (χ0v) is 16.4. The third-order valence-electron chi connectivity index (χ3n) is 5.56. The van der Waals surface area contributed by atoms with Crippen LogP contribution in [0, 0.1) is 17.0 Å². The summed E-state index contributed by atoms with van der Waals surface area (Å²) in [6, 6.07) is 3.29. The fourth-order valence-electron chi connectivity index (χ4n) is 4.03. The summed E-state index contributed by atoms with van der Waals surface area (Å²) in [5.74, 6) is -1.46. The molecule has 2 saturated heterocycles. The first-order chi connectivity index (χ1) is 12.8. The fourth-order valence-corrected chi connectivity index (χ4v) is 4.03. The van der Waals surface area contributed by atoms with Crippen molar-refractivity contribution in [3.8, 4) is 0 Å². The maximum absolute atomic E-state index is 13.4. The van der Waals surface area contributed by atoms with Crippen molar-refractivity contribution in [3.63, 3.8) is 0 Å². The van der Waals surface area contributed by atoms with Crippen molar-refractivity contribution in [1.29, 1.82) is 0 Å². The van der Waals surface area contributed by atoms with Gasteiger partial charge in [-0.1, -0.05) is 0 Å². The standard InChI is InChI=1S/C19H25F2N3O3.ClH/c20-14-5-13(6-15(21)7-14)11-24-12-19(9-18(24)27)1-3-23(4-2-19)17(26)8-16(25)10-22;/h5-7,16,25H,1-4,8-12,22H2;1H. The Balaban J connectivity index is 0.00000280. The summed E-state index contributed by atoms with van der Waals surface area (Å²) in [7, 11) is 0. The molecule has 3 rings (SSSR count). The second kappa shape index (κ2) is 9.15. The first kappa shape index (κ1) is 22.5. The van der Waals surface area contributed by atoms with Gasteiger partial charge in [0.05, 0.1) is 12.5 Å². The van der Waals surface area contributed by atoms with Crippen molar-refractivity contribution in [2.24, 2.45) is 11.1 Å². The number of hydrogen-bond acceptors (Lipinski definition) is 4. The number of carbonyl (C=O) groups is 2. The number of nitrogens with two attached hydrogens (primary N) is 1. The van der Waals surface area contributed by atoms with Gasteiger partial charge in [0.15, 0.2) is 0 Å². The number of rotatable bonds is 5. The number of aliphatic hydroxyl groups is 1. The SMILES string of the molecule is Cl.NCC(O)CC(=O)N1CCC2(CC1)CC(=O)N(Cc1cc(F)cc(F)c1)C2. The Morgan fingerprint density at radius 2 is 1.82 bits per heavy atom. The summed E-state index contributed by atoms with van der Waals surface area (Å²) in [4.78, 5) is 27.9. The van der Waals surface area contributed by atoms with Gasteiger partial charge in [-0.3, -0.25) is 9.59 Å². The fraction of sp³-hybridized carbons (Fsp3) is 0.579. The van der Waals surface area contributed by atoms with Gasteiger partial charge < -0.3 is 20.6 Å². The zero-order valence-electron chi connectivity index (χ0n) is 15.6. The third kappa shape index (κ3) is 5.18. The summed E-state index contributed by atoms with van der Waals surface area (Å²) in [5.41, 5.74) is 5.58. The molecular weight excluding hydrogens is 392 g/mol. The molecule has 0 aliphatic carbocycles. The molecule has 2 heterocycles. The molecule has 0 radical (unpaired) electrons. The number of aliphatic hydroxyl groups excluding tert-OH is 1. The van der Waals surface area contributed by atoms with Crippen LogP contribution in [0.25, 0.3) is 0 Å². The van der Waals surface area contributed by atoms with E-state index in [0.717, 1.165) is 6.07 Å². The lowest BCUT2D eigenvalue weighted by Gasteiger charge is -2.39. The lowest BCUT2D eigenvalue weighted by Crippen LogP contribution is -2.45. The molecule has 3 N–H and O–H groups in total. The average molecular weight is 418 g/mol. The van der Waals surface area contributed by atoms with Crippen LogP contribution in [-0.2, 0) is 16.1 Å². The second-order valence-corrected chi connectivity index (χ2v) is 7.68. The Morgan fingerprint density at radius 1 is 1.21 bits per heavy atom. The minimum absolute atomic E-state index is 0. The van der Waals surface area contributed by atoms with Crippen LogP contribution in [0.3, 0.4) is 0 Å². The molecular formula is C19H26ClF2N3O3. The molecule has 6 nitrogen and oxygen atoms in total. The minimum Gasteiger partial charge on any atom is -0.391 e. The molecule has 156 valence electrons. The smallest absolute Gasteiger partial charge is 0.225 e. The number of amides is 2. The van der Waals surface area contributed by atoms with E-state index in [-0.39, 0.29) is 49.1 Å². The van der Waals surface area contributed by atoms with Crippen molar-refractivity contribution in [3.05, 3.63) is 35.4 Å². The Labute approximate surface area is 169 Å². The van der Waals surface area contributed by atoms with E-state index in [9.17, 15) is 23.5 Å². The Hall–Kier alpha value is -1.77. The average Bonchev–Trinajstić information content (AvgIpc) is 2.89. The minimum atomic E-state index is -0.830. The molecule has 2 aliphatic heterocycles. The summed E-state index contributed by atoms with van der Waals surface area (Å²) < 4.78 is 26.8. The summed E-state index contributed by atoms with van der Waals surface area (Å²) >= 11 is 0. The molecule has 0 aromatic heterocycles. The van der Waals surface area contributed by atoms with Crippen molar-refractivity contribution < 1.29 is 23.5 Å². The van der Waals surface area contributed by atoms with E-state index in [0.29, 0.717) is 44.5 Å². The monoisotopic (exact) mass is 417 g/mol. The quantitative estimate of drug-likeness (QED) is 0.759. The highest BCUT2D eigenvalue weighted by atomic mass is 35.5. The van der Waals surface area contributed by atoms with Gasteiger partial charge in [0.2, 0.25) is 11.8 Å². The van der Waals surface area contributed by atoms with E-state index in [2.05, 4.69) is 0 Å². The maximum atomic E-state index is 13.4. The first-order valence-electron chi connectivity index (χ1n) is 9.19. The number of piperidine rings is 1. The normalized spacial score (nSPS) is 19.6. The number of likely N-dealkylation sites (tertiary alicyclic amines) is 2. The van der Waals surface area contributed by atoms with E-state index in [1.165, 1.54) is 12.1 Å².